The smallest absolute Gasteiger partial charge is 0.335 e. The molecule has 3 rings (SSSR count). The van der Waals surface area contributed by atoms with Crippen molar-refractivity contribution in [3.63, 3.8) is 0 Å². The van der Waals surface area contributed by atoms with Gasteiger partial charge < -0.3 is 9.52 Å². The van der Waals surface area contributed by atoms with Gasteiger partial charge >= 0.3 is 5.97 Å². The third-order valence-electron chi connectivity index (χ3n) is 2.95. The van der Waals surface area contributed by atoms with E-state index in [0.29, 0.717) is 28.1 Å². The molecule has 0 saturated heterocycles. The number of nitrogens with zero attached hydrogens (tertiary/aromatic N) is 1. The van der Waals surface area contributed by atoms with E-state index in [9.17, 15) is 4.79 Å². The molecule has 0 radical (unpaired) electrons. The van der Waals surface area contributed by atoms with Crippen LogP contribution in [0.2, 0.25) is 0 Å². The van der Waals surface area contributed by atoms with E-state index >= 15 is 0 Å². The van der Waals surface area contributed by atoms with Gasteiger partial charge in [-0.25, -0.2) is 9.78 Å². The number of carbonyl (C=O) groups is 1. The molecule has 3 aromatic rings. The van der Waals surface area contributed by atoms with Gasteiger partial charge in [-0.15, -0.1) is 6.42 Å². The summed E-state index contributed by atoms with van der Waals surface area (Å²) in [6.07, 6.45) is 5.45. The van der Waals surface area contributed by atoms with Gasteiger partial charge in [0.1, 0.15) is 5.52 Å². The zero-order chi connectivity index (χ0) is 14.1. The number of aromatic nitrogens is 1. The van der Waals surface area contributed by atoms with Crippen LogP contribution < -0.4 is 0 Å². The van der Waals surface area contributed by atoms with Crippen molar-refractivity contribution in [2.45, 2.75) is 0 Å². The number of oxazole rings is 1. The van der Waals surface area contributed by atoms with Gasteiger partial charge in [0.05, 0.1) is 11.1 Å². The first-order chi connectivity index (χ1) is 9.69. The quantitative estimate of drug-likeness (QED) is 0.721. The Morgan fingerprint density at radius 3 is 2.80 bits per heavy atom. The van der Waals surface area contributed by atoms with Crippen LogP contribution in [-0.4, -0.2) is 16.1 Å². The van der Waals surface area contributed by atoms with Crippen LogP contribution in [0.1, 0.15) is 15.9 Å². The number of benzene rings is 2. The Morgan fingerprint density at radius 1 is 1.25 bits per heavy atom. The number of hydrogen-bond acceptors (Lipinski definition) is 3. The molecule has 0 atom stereocenters. The second kappa shape index (κ2) is 4.56. The Morgan fingerprint density at radius 2 is 2.05 bits per heavy atom. The fourth-order valence-electron chi connectivity index (χ4n) is 1.97. The average molecular weight is 263 g/mol. The molecule has 1 heterocycles. The van der Waals surface area contributed by atoms with Crippen molar-refractivity contribution in [3.8, 4) is 23.8 Å². The zero-order valence-corrected chi connectivity index (χ0v) is 10.3. The highest BCUT2D eigenvalue weighted by Crippen LogP contribution is 2.27. The topological polar surface area (TPSA) is 63.3 Å². The SMILES string of the molecule is C#Cc1ccccc1-c1nc2ccc(C(=O)O)cc2o1. The van der Waals surface area contributed by atoms with E-state index in [1.165, 1.54) is 12.1 Å². The zero-order valence-electron chi connectivity index (χ0n) is 10.3. The van der Waals surface area contributed by atoms with Gasteiger partial charge in [-0.2, -0.15) is 0 Å². The van der Waals surface area contributed by atoms with Crippen molar-refractivity contribution < 1.29 is 14.3 Å². The predicted octanol–water partition coefficient (Wildman–Crippen LogP) is 3.17. The Bertz CT molecular complexity index is 856. The van der Waals surface area contributed by atoms with E-state index < -0.39 is 5.97 Å². The van der Waals surface area contributed by atoms with Crippen molar-refractivity contribution in [2.24, 2.45) is 0 Å². The van der Waals surface area contributed by atoms with E-state index in [2.05, 4.69) is 10.9 Å². The molecule has 0 spiro atoms. The summed E-state index contributed by atoms with van der Waals surface area (Å²) < 4.78 is 5.62. The first-order valence-electron chi connectivity index (χ1n) is 5.89. The minimum Gasteiger partial charge on any atom is -0.478 e. The standard InChI is InChI=1S/C16H9NO3/c1-2-10-5-3-4-6-12(10)15-17-13-8-7-11(16(18)19)9-14(13)20-15/h1,3-9H,(H,18,19). The van der Waals surface area contributed by atoms with E-state index in [-0.39, 0.29) is 5.56 Å². The molecule has 4 nitrogen and oxygen atoms in total. The minimum atomic E-state index is -1.01. The molecule has 96 valence electrons. The third-order valence-corrected chi connectivity index (χ3v) is 2.95. The predicted molar refractivity (Wildman–Crippen MR) is 74.3 cm³/mol. The van der Waals surface area contributed by atoms with E-state index in [4.69, 9.17) is 15.9 Å². The van der Waals surface area contributed by atoms with Gasteiger partial charge in [0, 0.05) is 5.56 Å². The monoisotopic (exact) mass is 263 g/mol. The minimum absolute atomic E-state index is 0.158. The first-order valence-corrected chi connectivity index (χ1v) is 5.89. The van der Waals surface area contributed by atoms with Crippen LogP contribution >= 0.6 is 0 Å². The molecule has 0 amide bonds. The molecule has 0 aliphatic carbocycles. The summed E-state index contributed by atoms with van der Waals surface area (Å²) in [6, 6.07) is 11.9. The molecule has 0 aliphatic heterocycles. The van der Waals surface area contributed by atoms with E-state index in [1.807, 2.05) is 18.2 Å². The summed E-state index contributed by atoms with van der Waals surface area (Å²) in [5.41, 5.74) is 2.56. The van der Waals surface area contributed by atoms with E-state index in [0.717, 1.165) is 0 Å². The lowest BCUT2D eigenvalue weighted by molar-refractivity contribution is 0.0697. The Labute approximate surface area is 114 Å². The van der Waals surface area contributed by atoms with Crippen LogP contribution in [0.15, 0.2) is 46.9 Å². The average Bonchev–Trinajstić information content (AvgIpc) is 2.89. The molecule has 1 N–H and O–H groups in total. The fourth-order valence-corrected chi connectivity index (χ4v) is 1.97. The molecule has 0 bridgehead atoms. The van der Waals surface area contributed by atoms with Crippen LogP contribution in [0, 0.1) is 12.3 Å². The van der Waals surface area contributed by atoms with Crippen molar-refractivity contribution in [1.29, 1.82) is 0 Å². The number of hydrogen-bond donors (Lipinski definition) is 1. The molecule has 2 aromatic carbocycles. The van der Waals surface area contributed by atoms with Gasteiger partial charge in [-0.1, -0.05) is 18.1 Å². The van der Waals surface area contributed by atoms with Crippen molar-refractivity contribution in [3.05, 3.63) is 53.6 Å². The second-order valence-corrected chi connectivity index (χ2v) is 4.20. The summed E-state index contributed by atoms with van der Waals surface area (Å²) in [5.74, 6) is 1.95. The summed E-state index contributed by atoms with van der Waals surface area (Å²) in [5, 5.41) is 8.96. The van der Waals surface area contributed by atoms with Crippen molar-refractivity contribution in [2.75, 3.05) is 0 Å². The molecule has 4 heteroatoms. The van der Waals surface area contributed by atoms with Gasteiger partial charge in [0.2, 0.25) is 5.89 Å². The second-order valence-electron chi connectivity index (χ2n) is 4.20. The molecular weight excluding hydrogens is 254 g/mol. The normalized spacial score (nSPS) is 10.3. The highest BCUT2D eigenvalue weighted by Gasteiger charge is 2.13. The molecular formula is C16H9NO3. The van der Waals surface area contributed by atoms with Crippen LogP contribution in [0.5, 0.6) is 0 Å². The highest BCUT2D eigenvalue weighted by atomic mass is 16.4. The number of rotatable bonds is 2. The number of carboxylic acids is 1. The maximum atomic E-state index is 10.9. The molecule has 1 aromatic heterocycles. The maximum absolute atomic E-state index is 10.9. The lowest BCUT2D eigenvalue weighted by atomic mass is 10.1. The molecule has 0 aliphatic rings. The Kier molecular flexibility index (Phi) is 2.73. The number of aromatic carboxylic acids is 1. The Hall–Kier alpha value is -3.06. The fraction of sp³-hybridized carbons (Fsp3) is 0. The first kappa shape index (κ1) is 12.0. The lowest BCUT2D eigenvalue weighted by Crippen LogP contribution is -1.94. The summed E-state index contributed by atoms with van der Waals surface area (Å²) in [4.78, 5) is 15.3. The highest BCUT2D eigenvalue weighted by molar-refractivity contribution is 5.92. The van der Waals surface area contributed by atoms with Gasteiger partial charge in [0.25, 0.3) is 0 Å². The van der Waals surface area contributed by atoms with Crippen molar-refractivity contribution in [1.82, 2.24) is 4.98 Å². The van der Waals surface area contributed by atoms with Gasteiger partial charge in [0.15, 0.2) is 5.58 Å². The van der Waals surface area contributed by atoms with Crippen LogP contribution in [-0.2, 0) is 0 Å². The molecule has 0 fully saturated rings. The van der Waals surface area contributed by atoms with E-state index in [1.54, 1.807) is 12.1 Å². The van der Waals surface area contributed by atoms with Crippen LogP contribution in [0.4, 0.5) is 0 Å². The van der Waals surface area contributed by atoms with Gasteiger partial charge in [-0.3, -0.25) is 0 Å². The third kappa shape index (κ3) is 1.91. The Balaban J connectivity index is 2.18. The summed E-state index contributed by atoms with van der Waals surface area (Å²) in [7, 11) is 0. The molecule has 0 saturated carbocycles. The number of fused-ring (bicyclic) bond motifs is 1. The summed E-state index contributed by atoms with van der Waals surface area (Å²) >= 11 is 0. The molecule has 20 heavy (non-hydrogen) atoms. The van der Waals surface area contributed by atoms with Crippen molar-refractivity contribution >= 4 is 17.1 Å². The molecule has 0 unspecified atom stereocenters. The largest absolute Gasteiger partial charge is 0.478 e. The van der Waals surface area contributed by atoms with Gasteiger partial charge in [-0.05, 0) is 30.3 Å². The number of carboxylic acid groups (broad SMARTS) is 1. The number of terminal acetylenes is 1. The van der Waals surface area contributed by atoms with Crippen LogP contribution in [0.3, 0.4) is 0 Å². The lowest BCUT2D eigenvalue weighted by Gasteiger charge is -1.98. The maximum Gasteiger partial charge on any atom is 0.335 e. The summed E-state index contributed by atoms with van der Waals surface area (Å²) in [6.45, 7) is 0. The van der Waals surface area contributed by atoms with Crippen LogP contribution in [0.25, 0.3) is 22.6 Å².